The molecule has 1 fully saturated rings. The molecule has 1 aliphatic carbocycles. The summed E-state index contributed by atoms with van der Waals surface area (Å²) in [6.45, 7) is 0.684. The summed E-state index contributed by atoms with van der Waals surface area (Å²) in [4.78, 5) is 0. The second-order valence-corrected chi connectivity index (χ2v) is 4.73. The highest BCUT2D eigenvalue weighted by Gasteiger charge is 2.18. The molecule has 0 heterocycles. The van der Waals surface area contributed by atoms with Gasteiger partial charge in [0.2, 0.25) is 0 Å². The fraction of sp³-hybridized carbons (Fsp3) is 0.538. The number of rotatable bonds is 4. The van der Waals surface area contributed by atoms with Crippen LogP contribution >= 0.6 is 0 Å². The first-order valence-electron chi connectivity index (χ1n) is 6.35. The SMILES string of the molecule is OB(O)c1ccccc1OCC1CCCCC1. The van der Waals surface area contributed by atoms with E-state index in [4.69, 9.17) is 4.74 Å². The zero-order valence-electron chi connectivity index (χ0n) is 10.0. The smallest absolute Gasteiger partial charge is 0.492 e. The Kier molecular flexibility index (Phi) is 4.46. The van der Waals surface area contributed by atoms with Crippen LogP contribution in [0.2, 0.25) is 0 Å². The first kappa shape index (κ1) is 12.5. The maximum Gasteiger partial charge on any atom is 0.492 e. The van der Waals surface area contributed by atoms with Crippen LogP contribution in [-0.4, -0.2) is 23.8 Å². The minimum absolute atomic E-state index is 0.448. The minimum atomic E-state index is -1.46. The third-order valence-electron chi connectivity index (χ3n) is 3.40. The molecule has 0 aliphatic heterocycles. The van der Waals surface area contributed by atoms with Crippen LogP contribution < -0.4 is 10.2 Å². The van der Waals surface area contributed by atoms with Gasteiger partial charge in [-0.3, -0.25) is 0 Å². The lowest BCUT2D eigenvalue weighted by atomic mass is 9.79. The van der Waals surface area contributed by atoms with Gasteiger partial charge in [-0.15, -0.1) is 0 Å². The molecule has 1 aromatic carbocycles. The maximum absolute atomic E-state index is 9.22. The first-order chi connectivity index (χ1) is 8.27. The van der Waals surface area contributed by atoms with Crippen LogP contribution in [0.5, 0.6) is 5.75 Å². The van der Waals surface area contributed by atoms with E-state index in [2.05, 4.69) is 0 Å². The summed E-state index contributed by atoms with van der Waals surface area (Å²) >= 11 is 0. The molecule has 4 heteroatoms. The Morgan fingerprint density at radius 2 is 1.82 bits per heavy atom. The highest BCUT2D eigenvalue weighted by molar-refractivity contribution is 6.59. The molecule has 0 bridgehead atoms. The van der Waals surface area contributed by atoms with Crippen molar-refractivity contribution in [3.8, 4) is 5.75 Å². The van der Waals surface area contributed by atoms with Crippen molar-refractivity contribution >= 4 is 12.6 Å². The zero-order chi connectivity index (χ0) is 12.1. The van der Waals surface area contributed by atoms with E-state index >= 15 is 0 Å². The van der Waals surface area contributed by atoms with Gasteiger partial charge in [-0.05, 0) is 24.8 Å². The van der Waals surface area contributed by atoms with Crippen molar-refractivity contribution in [1.82, 2.24) is 0 Å². The normalized spacial score (nSPS) is 16.8. The van der Waals surface area contributed by atoms with E-state index in [-0.39, 0.29) is 0 Å². The lowest BCUT2D eigenvalue weighted by Gasteiger charge is -2.22. The van der Waals surface area contributed by atoms with Gasteiger partial charge in [-0.2, -0.15) is 0 Å². The molecule has 92 valence electrons. The number of hydrogen-bond donors (Lipinski definition) is 2. The fourth-order valence-electron chi connectivity index (χ4n) is 2.39. The van der Waals surface area contributed by atoms with Crippen molar-refractivity contribution in [2.75, 3.05) is 6.61 Å². The van der Waals surface area contributed by atoms with Crippen LogP contribution in [0.25, 0.3) is 0 Å². The zero-order valence-corrected chi connectivity index (χ0v) is 10.0. The molecule has 2 rings (SSSR count). The van der Waals surface area contributed by atoms with E-state index in [9.17, 15) is 10.0 Å². The summed E-state index contributed by atoms with van der Waals surface area (Å²) in [6, 6.07) is 7.10. The van der Waals surface area contributed by atoms with Gasteiger partial charge in [0.15, 0.2) is 0 Å². The lowest BCUT2D eigenvalue weighted by molar-refractivity contribution is 0.209. The van der Waals surface area contributed by atoms with Gasteiger partial charge in [-0.1, -0.05) is 37.5 Å². The average molecular weight is 234 g/mol. The summed E-state index contributed by atoms with van der Waals surface area (Å²) < 4.78 is 5.72. The third kappa shape index (κ3) is 3.48. The van der Waals surface area contributed by atoms with Crippen LogP contribution in [0.4, 0.5) is 0 Å². The number of ether oxygens (including phenoxy) is 1. The van der Waals surface area contributed by atoms with Crippen LogP contribution in [-0.2, 0) is 0 Å². The molecule has 0 saturated heterocycles. The summed E-state index contributed by atoms with van der Waals surface area (Å²) in [7, 11) is -1.46. The van der Waals surface area contributed by atoms with Gasteiger partial charge < -0.3 is 14.8 Å². The first-order valence-corrected chi connectivity index (χ1v) is 6.35. The van der Waals surface area contributed by atoms with Crippen LogP contribution in [0.15, 0.2) is 24.3 Å². The number of benzene rings is 1. The highest BCUT2D eigenvalue weighted by atomic mass is 16.5. The Bertz CT molecular complexity index is 348. The van der Waals surface area contributed by atoms with E-state index in [1.807, 2.05) is 6.07 Å². The Hall–Kier alpha value is -0.995. The molecule has 3 nitrogen and oxygen atoms in total. The van der Waals surface area contributed by atoms with Crippen molar-refractivity contribution in [2.24, 2.45) is 5.92 Å². The molecule has 1 saturated carbocycles. The lowest BCUT2D eigenvalue weighted by Crippen LogP contribution is -2.32. The van der Waals surface area contributed by atoms with E-state index in [1.165, 1.54) is 32.1 Å². The second kappa shape index (κ2) is 6.08. The molecule has 0 amide bonds. The topological polar surface area (TPSA) is 49.7 Å². The molecule has 17 heavy (non-hydrogen) atoms. The Morgan fingerprint density at radius 1 is 1.12 bits per heavy atom. The predicted octanol–water partition coefficient (Wildman–Crippen LogP) is 1.33. The fourth-order valence-corrected chi connectivity index (χ4v) is 2.39. The summed E-state index contributed by atoms with van der Waals surface area (Å²) in [6.07, 6.45) is 6.37. The van der Waals surface area contributed by atoms with Crippen molar-refractivity contribution in [3.63, 3.8) is 0 Å². The maximum atomic E-state index is 9.22. The Balaban J connectivity index is 1.93. The van der Waals surface area contributed by atoms with E-state index in [1.54, 1.807) is 18.2 Å². The molecule has 0 spiro atoms. The molecule has 0 unspecified atom stereocenters. The van der Waals surface area contributed by atoms with Gasteiger partial charge in [0.05, 0.1) is 6.61 Å². The van der Waals surface area contributed by atoms with E-state index in [0.29, 0.717) is 23.7 Å². The molecule has 0 radical (unpaired) electrons. The molecular formula is C13H19BO3. The van der Waals surface area contributed by atoms with Crippen LogP contribution in [0.3, 0.4) is 0 Å². The molecule has 0 aromatic heterocycles. The summed E-state index contributed by atoms with van der Waals surface area (Å²) in [5, 5.41) is 18.4. The van der Waals surface area contributed by atoms with Crippen LogP contribution in [0, 0.1) is 5.92 Å². The van der Waals surface area contributed by atoms with Crippen molar-refractivity contribution < 1.29 is 14.8 Å². The second-order valence-electron chi connectivity index (χ2n) is 4.73. The van der Waals surface area contributed by atoms with Gasteiger partial charge in [0.25, 0.3) is 0 Å². The molecular weight excluding hydrogens is 215 g/mol. The van der Waals surface area contributed by atoms with Gasteiger partial charge in [0, 0.05) is 5.46 Å². The largest absolute Gasteiger partial charge is 0.494 e. The van der Waals surface area contributed by atoms with Gasteiger partial charge in [-0.25, -0.2) is 0 Å². The third-order valence-corrected chi connectivity index (χ3v) is 3.40. The molecule has 1 aromatic rings. The van der Waals surface area contributed by atoms with Crippen molar-refractivity contribution in [1.29, 1.82) is 0 Å². The van der Waals surface area contributed by atoms with Crippen molar-refractivity contribution in [3.05, 3.63) is 24.3 Å². The Morgan fingerprint density at radius 3 is 2.53 bits per heavy atom. The minimum Gasteiger partial charge on any atom is -0.494 e. The predicted molar refractivity (Wildman–Crippen MR) is 68.3 cm³/mol. The van der Waals surface area contributed by atoms with Gasteiger partial charge >= 0.3 is 7.12 Å². The number of para-hydroxylation sites is 1. The Labute approximate surface area is 103 Å². The standard InChI is InChI=1S/C13H19BO3/c15-14(16)12-8-4-5-9-13(12)17-10-11-6-2-1-3-7-11/h4-5,8-9,11,15-16H,1-3,6-7,10H2. The van der Waals surface area contributed by atoms with Gasteiger partial charge in [0.1, 0.15) is 5.75 Å². The van der Waals surface area contributed by atoms with E-state index in [0.717, 1.165) is 0 Å². The molecule has 1 aliphatic rings. The average Bonchev–Trinajstić information content (AvgIpc) is 2.38. The van der Waals surface area contributed by atoms with E-state index < -0.39 is 7.12 Å². The number of hydrogen-bond acceptors (Lipinski definition) is 3. The molecule has 0 atom stereocenters. The molecule has 2 N–H and O–H groups in total. The monoisotopic (exact) mass is 234 g/mol. The highest BCUT2D eigenvalue weighted by Crippen LogP contribution is 2.24. The summed E-state index contributed by atoms with van der Waals surface area (Å²) in [5.41, 5.74) is 0.448. The quantitative estimate of drug-likeness (QED) is 0.772. The van der Waals surface area contributed by atoms with Crippen LogP contribution in [0.1, 0.15) is 32.1 Å². The van der Waals surface area contributed by atoms with Crippen molar-refractivity contribution in [2.45, 2.75) is 32.1 Å². The summed E-state index contributed by atoms with van der Waals surface area (Å²) in [5.74, 6) is 1.21.